The summed E-state index contributed by atoms with van der Waals surface area (Å²) in [5.41, 5.74) is 0. The SMILES string of the molecule is O=C(CCC1CCCO1)c1sccc1Cl. The molecule has 1 aromatic rings. The summed E-state index contributed by atoms with van der Waals surface area (Å²) in [6.07, 6.45) is 3.87. The Balaban J connectivity index is 1.84. The fourth-order valence-electron chi connectivity index (χ4n) is 1.77. The molecular weight excluding hydrogens is 232 g/mol. The van der Waals surface area contributed by atoms with E-state index in [1.807, 2.05) is 5.38 Å². The molecule has 0 radical (unpaired) electrons. The lowest BCUT2D eigenvalue weighted by Gasteiger charge is -2.07. The van der Waals surface area contributed by atoms with E-state index in [0.717, 1.165) is 25.9 Å². The number of Topliss-reactive ketones (excluding diaryl/α,β-unsaturated/α-hetero) is 1. The predicted octanol–water partition coefficient (Wildman–Crippen LogP) is 3.54. The van der Waals surface area contributed by atoms with Gasteiger partial charge in [0.15, 0.2) is 5.78 Å². The first-order chi connectivity index (χ1) is 7.27. The summed E-state index contributed by atoms with van der Waals surface area (Å²) in [5.74, 6) is 0.144. The lowest BCUT2D eigenvalue weighted by atomic mass is 10.1. The third-order valence-corrected chi connectivity index (χ3v) is 3.97. The second-order valence-corrected chi connectivity index (χ2v) is 5.02. The van der Waals surface area contributed by atoms with Gasteiger partial charge in [-0.15, -0.1) is 11.3 Å². The number of ether oxygens (including phenoxy) is 1. The van der Waals surface area contributed by atoms with Gasteiger partial charge in [-0.1, -0.05) is 11.6 Å². The summed E-state index contributed by atoms with van der Waals surface area (Å²) in [4.78, 5) is 12.4. The Morgan fingerprint density at radius 1 is 1.67 bits per heavy atom. The number of hydrogen-bond acceptors (Lipinski definition) is 3. The Bertz CT molecular complexity index is 342. The third kappa shape index (κ3) is 2.80. The quantitative estimate of drug-likeness (QED) is 0.758. The first-order valence-electron chi connectivity index (χ1n) is 5.15. The normalized spacial score (nSPS) is 20.7. The van der Waals surface area contributed by atoms with Crippen LogP contribution in [0, 0.1) is 0 Å². The molecule has 1 fully saturated rings. The molecule has 0 aromatic carbocycles. The van der Waals surface area contributed by atoms with Gasteiger partial charge in [0.1, 0.15) is 0 Å². The summed E-state index contributed by atoms with van der Waals surface area (Å²) in [6.45, 7) is 0.846. The molecule has 2 rings (SSSR count). The van der Waals surface area contributed by atoms with E-state index in [0.29, 0.717) is 16.3 Å². The molecule has 15 heavy (non-hydrogen) atoms. The fourth-order valence-corrected chi connectivity index (χ4v) is 2.90. The van der Waals surface area contributed by atoms with Crippen molar-refractivity contribution in [3.05, 3.63) is 21.3 Å². The zero-order valence-corrected chi connectivity index (χ0v) is 9.94. The molecule has 1 unspecified atom stereocenters. The van der Waals surface area contributed by atoms with Gasteiger partial charge in [0, 0.05) is 13.0 Å². The molecule has 0 aliphatic carbocycles. The van der Waals surface area contributed by atoms with Crippen LogP contribution in [0.3, 0.4) is 0 Å². The molecule has 2 nitrogen and oxygen atoms in total. The van der Waals surface area contributed by atoms with Gasteiger partial charge in [0.2, 0.25) is 0 Å². The van der Waals surface area contributed by atoms with Gasteiger partial charge in [0.25, 0.3) is 0 Å². The van der Waals surface area contributed by atoms with Gasteiger partial charge in [-0.2, -0.15) is 0 Å². The monoisotopic (exact) mass is 244 g/mol. The molecule has 82 valence electrons. The summed E-state index contributed by atoms with van der Waals surface area (Å²) in [7, 11) is 0. The molecule has 1 aromatic heterocycles. The molecule has 0 N–H and O–H groups in total. The molecule has 0 amide bonds. The van der Waals surface area contributed by atoms with E-state index >= 15 is 0 Å². The second kappa shape index (κ2) is 5.10. The lowest BCUT2D eigenvalue weighted by Crippen LogP contribution is -2.08. The van der Waals surface area contributed by atoms with Gasteiger partial charge in [-0.3, -0.25) is 4.79 Å². The van der Waals surface area contributed by atoms with E-state index in [4.69, 9.17) is 16.3 Å². The van der Waals surface area contributed by atoms with Crippen LogP contribution in [0.2, 0.25) is 5.02 Å². The van der Waals surface area contributed by atoms with Crippen molar-refractivity contribution in [3.63, 3.8) is 0 Å². The molecular formula is C11H13ClO2S. The van der Waals surface area contributed by atoms with Crippen LogP contribution in [-0.2, 0) is 4.74 Å². The van der Waals surface area contributed by atoms with Gasteiger partial charge < -0.3 is 4.74 Å². The Morgan fingerprint density at radius 2 is 2.53 bits per heavy atom. The molecule has 0 bridgehead atoms. The number of rotatable bonds is 4. The summed E-state index contributed by atoms with van der Waals surface area (Å²) in [6, 6.07) is 1.77. The van der Waals surface area contributed by atoms with Crippen molar-refractivity contribution in [3.8, 4) is 0 Å². The highest BCUT2D eigenvalue weighted by atomic mass is 35.5. The Morgan fingerprint density at radius 3 is 3.13 bits per heavy atom. The van der Waals surface area contributed by atoms with E-state index in [-0.39, 0.29) is 11.9 Å². The Kier molecular flexibility index (Phi) is 3.78. The van der Waals surface area contributed by atoms with Gasteiger partial charge >= 0.3 is 0 Å². The first-order valence-corrected chi connectivity index (χ1v) is 6.41. The predicted molar refractivity (Wildman–Crippen MR) is 61.9 cm³/mol. The van der Waals surface area contributed by atoms with Crippen LogP contribution in [0.15, 0.2) is 11.4 Å². The zero-order valence-electron chi connectivity index (χ0n) is 8.37. The third-order valence-electron chi connectivity index (χ3n) is 2.59. The van der Waals surface area contributed by atoms with E-state index < -0.39 is 0 Å². The van der Waals surface area contributed by atoms with Crippen LogP contribution in [0.5, 0.6) is 0 Å². The van der Waals surface area contributed by atoms with Gasteiger partial charge in [-0.05, 0) is 30.7 Å². The van der Waals surface area contributed by atoms with Crippen LogP contribution in [-0.4, -0.2) is 18.5 Å². The molecule has 4 heteroatoms. The number of halogens is 1. The summed E-state index contributed by atoms with van der Waals surface area (Å²) >= 11 is 7.31. The highest BCUT2D eigenvalue weighted by Crippen LogP contribution is 2.25. The lowest BCUT2D eigenvalue weighted by molar-refractivity contribution is 0.0862. The maximum absolute atomic E-state index is 11.8. The van der Waals surface area contributed by atoms with Crippen LogP contribution < -0.4 is 0 Å². The average Bonchev–Trinajstić information content (AvgIpc) is 2.84. The Labute approximate surface area is 98.2 Å². The maximum Gasteiger partial charge on any atom is 0.174 e. The molecule has 1 aliphatic rings. The van der Waals surface area contributed by atoms with Crippen molar-refractivity contribution in [2.45, 2.75) is 31.8 Å². The smallest absolute Gasteiger partial charge is 0.174 e. The number of carbonyl (C=O) groups excluding carboxylic acids is 1. The largest absolute Gasteiger partial charge is 0.378 e. The highest BCUT2D eigenvalue weighted by Gasteiger charge is 2.18. The minimum atomic E-state index is 0.144. The summed E-state index contributed by atoms with van der Waals surface area (Å²) in [5, 5.41) is 2.43. The average molecular weight is 245 g/mol. The second-order valence-electron chi connectivity index (χ2n) is 3.69. The molecule has 1 aliphatic heterocycles. The van der Waals surface area contributed by atoms with Crippen LogP contribution in [0.4, 0.5) is 0 Å². The maximum atomic E-state index is 11.8. The Hall–Kier alpha value is -0.380. The van der Waals surface area contributed by atoms with E-state index in [9.17, 15) is 4.79 Å². The van der Waals surface area contributed by atoms with Crippen LogP contribution in [0.1, 0.15) is 35.4 Å². The fraction of sp³-hybridized carbons (Fsp3) is 0.545. The van der Waals surface area contributed by atoms with E-state index in [2.05, 4.69) is 0 Å². The van der Waals surface area contributed by atoms with Crippen molar-refractivity contribution in [1.82, 2.24) is 0 Å². The molecule has 2 heterocycles. The van der Waals surface area contributed by atoms with Crippen molar-refractivity contribution in [1.29, 1.82) is 0 Å². The number of ketones is 1. The minimum absolute atomic E-state index is 0.144. The van der Waals surface area contributed by atoms with Crippen LogP contribution in [0.25, 0.3) is 0 Å². The topological polar surface area (TPSA) is 26.3 Å². The van der Waals surface area contributed by atoms with Crippen molar-refractivity contribution < 1.29 is 9.53 Å². The minimum Gasteiger partial charge on any atom is -0.378 e. The highest BCUT2D eigenvalue weighted by molar-refractivity contribution is 7.12. The molecule has 1 saturated heterocycles. The van der Waals surface area contributed by atoms with Crippen molar-refractivity contribution >= 4 is 28.7 Å². The number of hydrogen-bond donors (Lipinski definition) is 0. The zero-order chi connectivity index (χ0) is 10.7. The summed E-state index contributed by atoms with van der Waals surface area (Å²) < 4.78 is 5.47. The van der Waals surface area contributed by atoms with Crippen molar-refractivity contribution in [2.75, 3.05) is 6.61 Å². The van der Waals surface area contributed by atoms with Gasteiger partial charge in [0.05, 0.1) is 16.0 Å². The van der Waals surface area contributed by atoms with Crippen molar-refractivity contribution in [2.24, 2.45) is 0 Å². The van der Waals surface area contributed by atoms with E-state index in [1.54, 1.807) is 6.07 Å². The van der Waals surface area contributed by atoms with Crippen LogP contribution >= 0.6 is 22.9 Å². The molecule has 0 spiro atoms. The molecule has 1 atom stereocenters. The van der Waals surface area contributed by atoms with E-state index in [1.165, 1.54) is 11.3 Å². The number of thiophene rings is 1. The van der Waals surface area contributed by atoms with Gasteiger partial charge in [-0.25, -0.2) is 0 Å². The first kappa shape index (κ1) is 11.1. The standard InChI is InChI=1S/C11H13ClO2S/c12-9-5-7-15-11(9)10(13)4-3-8-2-1-6-14-8/h5,7-8H,1-4,6H2. The number of carbonyl (C=O) groups is 1. The molecule has 0 saturated carbocycles.